The van der Waals surface area contributed by atoms with Crippen LogP contribution in [0.1, 0.15) is 5.56 Å². The third kappa shape index (κ3) is 2.33. The summed E-state index contributed by atoms with van der Waals surface area (Å²) < 4.78 is 2.06. The molecule has 1 aromatic heterocycles. The summed E-state index contributed by atoms with van der Waals surface area (Å²) in [5.74, 6) is 0. The molecular formula is C11H9BrN2O. The fourth-order valence-electron chi connectivity index (χ4n) is 1.32. The van der Waals surface area contributed by atoms with E-state index in [9.17, 15) is 4.79 Å². The van der Waals surface area contributed by atoms with Crippen LogP contribution in [0.5, 0.6) is 0 Å². The van der Waals surface area contributed by atoms with Crippen molar-refractivity contribution < 1.29 is 0 Å². The maximum Gasteiger partial charge on any atom is 0.267 e. The summed E-state index contributed by atoms with van der Waals surface area (Å²) in [6.07, 6.45) is 3.05. The summed E-state index contributed by atoms with van der Waals surface area (Å²) in [6, 6.07) is 9.81. The minimum atomic E-state index is -0.0612. The SMILES string of the molecule is O=c1c(Br)cncn1Cc1ccccc1. The highest BCUT2D eigenvalue weighted by molar-refractivity contribution is 9.10. The van der Waals surface area contributed by atoms with Gasteiger partial charge < -0.3 is 0 Å². The third-order valence-corrected chi connectivity index (χ3v) is 2.60. The molecule has 0 fully saturated rings. The summed E-state index contributed by atoms with van der Waals surface area (Å²) in [5.41, 5.74) is 1.02. The van der Waals surface area contributed by atoms with Gasteiger partial charge in [-0.1, -0.05) is 30.3 Å². The Bertz CT molecular complexity index is 507. The smallest absolute Gasteiger partial charge is 0.267 e. The van der Waals surface area contributed by atoms with Crippen LogP contribution in [0.25, 0.3) is 0 Å². The van der Waals surface area contributed by atoms with Crippen LogP contribution in [0.15, 0.2) is 52.1 Å². The maximum atomic E-state index is 11.6. The second-order valence-corrected chi connectivity index (χ2v) is 4.01. The Kier molecular flexibility index (Phi) is 2.97. The molecule has 0 saturated carbocycles. The summed E-state index contributed by atoms with van der Waals surface area (Å²) >= 11 is 3.16. The molecule has 1 aromatic carbocycles. The highest BCUT2D eigenvalue weighted by atomic mass is 79.9. The van der Waals surface area contributed by atoms with Crippen molar-refractivity contribution in [2.45, 2.75) is 6.54 Å². The predicted molar refractivity (Wildman–Crippen MR) is 61.7 cm³/mol. The van der Waals surface area contributed by atoms with E-state index in [2.05, 4.69) is 20.9 Å². The molecule has 0 amide bonds. The number of hydrogen-bond acceptors (Lipinski definition) is 2. The molecule has 0 spiro atoms. The number of rotatable bonds is 2. The molecule has 0 saturated heterocycles. The van der Waals surface area contributed by atoms with Crippen molar-refractivity contribution in [2.24, 2.45) is 0 Å². The minimum Gasteiger partial charge on any atom is -0.294 e. The van der Waals surface area contributed by atoms with Crippen LogP contribution in [-0.2, 0) is 6.54 Å². The number of aromatic nitrogens is 2. The monoisotopic (exact) mass is 264 g/mol. The van der Waals surface area contributed by atoms with Gasteiger partial charge in [0.25, 0.3) is 5.56 Å². The quantitative estimate of drug-likeness (QED) is 0.833. The molecule has 0 aliphatic heterocycles. The van der Waals surface area contributed by atoms with Gasteiger partial charge in [0.1, 0.15) is 4.47 Å². The zero-order valence-corrected chi connectivity index (χ0v) is 9.52. The van der Waals surface area contributed by atoms with Gasteiger partial charge in [-0.3, -0.25) is 9.36 Å². The molecule has 0 aliphatic rings. The van der Waals surface area contributed by atoms with Crippen molar-refractivity contribution in [3.63, 3.8) is 0 Å². The summed E-state index contributed by atoms with van der Waals surface area (Å²) in [6.45, 7) is 0.548. The first-order valence-electron chi connectivity index (χ1n) is 4.51. The molecule has 76 valence electrons. The molecule has 4 heteroatoms. The van der Waals surface area contributed by atoms with E-state index in [0.29, 0.717) is 11.0 Å². The average Bonchev–Trinajstić information content (AvgIpc) is 2.26. The van der Waals surface area contributed by atoms with Crippen LogP contribution >= 0.6 is 15.9 Å². The molecule has 1 heterocycles. The number of benzene rings is 1. The zero-order chi connectivity index (χ0) is 10.7. The molecule has 0 radical (unpaired) electrons. The Morgan fingerprint density at radius 3 is 2.73 bits per heavy atom. The van der Waals surface area contributed by atoms with E-state index in [0.717, 1.165) is 5.56 Å². The highest BCUT2D eigenvalue weighted by Crippen LogP contribution is 2.02. The number of nitrogens with zero attached hydrogens (tertiary/aromatic N) is 2. The molecule has 0 atom stereocenters. The van der Waals surface area contributed by atoms with Crippen LogP contribution in [0.4, 0.5) is 0 Å². The van der Waals surface area contributed by atoms with Gasteiger partial charge in [0.15, 0.2) is 0 Å². The van der Waals surface area contributed by atoms with Gasteiger partial charge >= 0.3 is 0 Å². The van der Waals surface area contributed by atoms with E-state index in [-0.39, 0.29) is 5.56 Å². The molecule has 0 unspecified atom stereocenters. The van der Waals surface area contributed by atoms with Crippen molar-refractivity contribution in [3.8, 4) is 0 Å². The molecule has 0 aliphatic carbocycles. The highest BCUT2D eigenvalue weighted by Gasteiger charge is 2.00. The Labute approximate surface area is 95.5 Å². The standard InChI is InChI=1S/C11H9BrN2O/c12-10-6-13-8-14(11(10)15)7-9-4-2-1-3-5-9/h1-6,8H,7H2. The average molecular weight is 265 g/mol. The Morgan fingerprint density at radius 1 is 1.27 bits per heavy atom. The van der Waals surface area contributed by atoms with Crippen LogP contribution in [0.3, 0.4) is 0 Å². The summed E-state index contributed by atoms with van der Waals surface area (Å²) in [5, 5.41) is 0. The molecule has 3 nitrogen and oxygen atoms in total. The minimum absolute atomic E-state index is 0.0612. The number of halogens is 1. The molecule has 2 rings (SSSR count). The molecule has 2 aromatic rings. The van der Waals surface area contributed by atoms with Crippen LogP contribution < -0.4 is 5.56 Å². The first-order chi connectivity index (χ1) is 7.27. The lowest BCUT2D eigenvalue weighted by Gasteiger charge is -2.04. The lowest BCUT2D eigenvalue weighted by molar-refractivity contribution is 0.731. The molecule has 15 heavy (non-hydrogen) atoms. The van der Waals surface area contributed by atoms with Gasteiger partial charge in [0.2, 0.25) is 0 Å². The van der Waals surface area contributed by atoms with Gasteiger partial charge in [-0.2, -0.15) is 0 Å². The Balaban J connectivity index is 2.33. The number of hydrogen-bond donors (Lipinski definition) is 0. The second-order valence-electron chi connectivity index (χ2n) is 3.16. The summed E-state index contributed by atoms with van der Waals surface area (Å²) in [7, 11) is 0. The van der Waals surface area contributed by atoms with Gasteiger partial charge in [-0.15, -0.1) is 0 Å². The normalized spacial score (nSPS) is 10.2. The molecular weight excluding hydrogens is 256 g/mol. The van der Waals surface area contributed by atoms with Crippen molar-refractivity contribution in [2.75, 3.05) is 0 Å². The van der Waals surface area contributed by atoms with Crippen molar-refractivity contribution in [1.82, 2.24) is 9.55 Å². The van der Waals surface area contributed by atoms with E-state index in [1.807, 2.05) is 30.3 Å². The van der Waals surface area contributed by atoms with Gasteiger partial charge in [0, 0.05) is 6.20 Å². The van der Waals surface area contributed by atoms with E-state index in [1.54, 1.807) is 10.9 Å². The first-order valence-corrected chi connectivity index (χ1v) is 5.30. The van der Waals surface area contributed by atoms with E-state index in [1.165, 1.54) is 6.20 Å². The maximum absolute atomic E-state index is 11.6. The van der Waals surface area contributed by atoms with E-state index < -0.39 is 0 Å². The third-order valence-electron chi connectivity index (χ3n) is 2.05. The Morgan fingerprint density at radius 2 is 2.00 bits per heavy atom. The largest absolute Gasteiger partial charge is 0.294 e. The molecule has 0 bridgehead atoms. The van der Waals surface area contributed by atoms with Gasteiger partial charge in [-0.25, -0.2) is 4.98 Å². The van der Waals surface area contributed by atoms with E-state index >= 15 is 0 Å². The fraction of sp³-hybridized carbons (Fsp3) is 0.0909. The first kappa shape index (κ1) is 10.1. The zero-order valence-electron chi connectivity index (χ0n) is 7.93. The van der Waals surface area contributed by atoms with Gasteiger partial charge in [0.05, 0.1) is 12.9 Å². The fourth-order valence-corrected chi connectivity index (χ4v) is 1.66. The topological polar surface area (TPSA) is 34.9 Å². The predicted octanol–water partition coefficient (Wildman–Crippen LogP) is 2.05. The molecule has 0 N–H and O–H groups in total. The lowest BCUT2D eigenvalue weighted by atomic mass is 10.2. The van der Waals surface area contributed by atoms with Crippen molar-refractivity contribution in [3.05, 3.63) is 63.2 Å². The van der Waals surface area contributed by atoms with Crippen molar-refractivity contribution >= 4 is 15.9 Å². The Hall–Kier alpha value is -1.42. The van der Waals surface area contributed by atoms with E-state index in [4.69, 9.17) is 0 Å². The van der Waals surface area contributed by atoms with Crippen LogP contribution in [0.2, 0.25) is 0 Å². The second kappa shape index (κ2) is 4.40. The van der Waals surface area contributed by atoms with Crippen molar-refractivity contribution in [1.29, 1.82) is 0 Å². The van der Waals surface area contributed by atoms with Crippen LogP contribution in [-0.4, -0.2) is 9.55 Å². The van der Waals surface area contributed by atoms with Gasteiger partial charge in [-0.05, 0) is 21.5 Å². The lowest BCUT2D eigenvalue weighted by Crippen LogP contribution is -2.21. The summed E-state index contributed by atoms with van der Waals surface area (Å²) in [4.78, 5) is 15.6. The van der Waals surface area contributed by atoms with Crippen LogP contribution in [0, 0.1) is 0 Å².